The van der Waals surface area contributed by atoms with E-state index in [9.17, 15) is 29.1 Å². The number of amides is 5. The Hall–Kier alpha value is -3.59. The Labute approximate surface area is 283 Å². The monoisotopic (exact) mass is 688 g/mol. The minimum atomic E-state index is -4.39. The SMILES string of the molecule is C/C=C(\C=C/NOC)C(=O)N[C@H](C(=O)NC(CCC)C(=O)N[C@@H](CC(C)C)C(O)C(F)(F)C(=O)NC(C(=O)NCC)C(C)C)[C@@H](C)CC. The number of rotatable bonds is 22. The Morgan fingerprint density at radius 3 is 1.98 bits per heavy atom. The third-order valence-electron chi connectivity index (χ3n) is 7.71. The van der Waals surface area contributed by atoms with Crippen LogP contribution in [0, 0.1) is 17.8 Å². The second-order valence-electron chi connectivity index (χ2n) is 12.5. The number of carbonyl (C=O) groups excluding carboxylic acids is 5. The van der Waals surface area contributed by atoms with Crippen molar-refractivity contribution in [3.63, 3.8) is 0 Å². The lowest BCUT2D eigenvalue weighted by atomic mass is 9.93. The molecule has 6 atom stereocenters. The Kier molecular flexibility index (Phi) is 20.5. The number of likely N-dealkylation sites (N-methyl/N-ethyl adjacent to an activating group) is 1. The first-order valence-electron chi connectivity index (χ1n) is 16.6. The van der Waals surface area contributed by atoms with Gasteiger partial charge < -0.3 is 31.7 Å². The van der Waals surface area contributed by atoms with Crippen molar-refractivity contribution in [3.05, 3.63) is 23.9 Å². The first kappa shape index (κ1) is 44.4. The van der Waals surface area contributed by atoms with Crippen LogP contribution in [0.2, 0.25) is 0 Å². The maximum atomic E-state index is 15.5. The average Bonchev–Trinajstić information content (AvgIpc) is 3.02. The summed E-state index contributed by atoms with van der Waals surface area (Å²) in [4.78, 5) is 69.9. The summed E-state index contributed by atoms with van der Waals surface area (Å²) < 4.78 is 30.9. The van der Waals surface area contributed by atoms with Gasteiger partial charge in [-0.1, -0.05) is 67.4 Å². The van der Waals surface area contributed by atoms with Crippen molar-refractivity contribution in [3.8, 4) is 0 Å². The maximum Gasteiger partial charge on any atom is 0.351 e. The van der Waals surface area contributed by atoms with Crippen LogP contribution in [-0.2, 0) is 28.8 Å². The Morgan fingerprint density at radius 2 is 1.50 bits per heavy atom. The zero-order valence-corrected chi connectivity index (χ0v) is 30.0. The lowest BCUT2D eigenvalue weighted by molar-refractivity contribution is -0.170. The normalized spacial score (nSPS) is 16.0. The van der Waals surface area contributed by atoms with Gasteiger partial charge in [-0.15, -0.1) is 0 Å². The number of hydrogen-bond acceptors (Lipinski definition) is 8. The quantitative estimate of drug-likeness (QED) is 0.0513. The molecule has 0 aliphatic carbocycles. The first-order valence-corrected chi connectivity index (χ1v) is 16.6. The highest BCUT2D eigenvalue weighted by Crippen LogP contribution is 2.26. The van der Waals surface area contributed by atoms with Crippen LogP contribution >= 0.6 is 0 Å². The van der Waals surface area contributed by atoms with Crippen LogP contribution in [0.3, 0.4) is 0 Å². The lowest BCUT2D eigenvalue weighted by Gasteiger charge is -2.33. The van der Waals surface area contributed by atoms with Crippen LogP contribution in [0.1, 0.15) is 88.0 Å². The molecule has 0 rings (SSSR count). The smallest absolute Gasteiger partial charge is 0.351 e. The standard InChI is InChI=1S/C33H58F2N6O7/c1-11-15-23(38-31(46)26(21(9)12-2)40-28(43)22(13-3)16-17-37-48-10)29(44)39-24(18-19(5)6)27(42)33(34,35)32(47)41-25(20(7)8)30(45)36-14-4/h13,16-17,19-21,23-27,37,42H,11-12,14-15,18H2,1-10H3,(H,36,45)(H,38,46)(H,39,44)(H,40,43)(H,41,47)/b17-16-,22-13+/t21-,23?,24-,25?,26-,27?/m0/s1. The van der Waals surface area contributed by atoms with E-state index in [-0.39, 0.29) is 36.8 Å². The summed E-state index contributed by atoms with van der Waals surface area (Å²) >= 11 is 0. The van der Waals surface area contributed by atoms with Gasteiger partial charge in [-0.05, 0) is 50.5 Å². The maximum absolute atomic E-state index is 15.5. The fraction of sp³-hybridized carbons (Fsp3) is 0.727. The highest BCUT2D eigenvalue weighted by molar-refractivity contribution is 5.99. The van der Waals surface area contributed by atoms with E-state index in [4.69, 9.17) is 4.84 Å². The number of carbonyl (C=O) groups is 5. The number of hydrogen-bond donors (Lipinski definition) is 7. The molecule has 0 aromatic carbocycles. The zero-order valence-electron chi connectivity index (χ0n) is 30.0. The van der Waals surface area contributed by atoms with E-state index in [1.807, 2.05) is 12.2 Å². The summed E-state index contributed by atoms with van der Waals surface area (Å²) in [6.07, 6.45) is 2.66. The molecule has 5 amide bonds. The fourth-order valence-electron chi connectivity index (χ4n) is 4.74. The van der Waals surface area contributed by atoms with E-state index in [0.29, 0.717) is 12.8 Å². The molecule has 0 spiro atoms. The van der Waals surface area contributed by atoms with Crippen molar-refractivity contribution in [2.45, 2.75) is 124 Å². The Bertz CT molecular complexity index is 1120. The predicted molar refractivity (Wildman–Crippen MR) is 179 cm³/mol. The molecule has 0 saturated heterocycles. The van der Waals surface area contributed by atoms with Gasteiger partial charge in [-0.3, -0.25) is 34.3 Å². The molecule has 15 heteroatoms. The van der Waals surface area contributed by atoms with Crippen molar-refractivity contribution >= 4 is 29.5 Å². The largest absolute Gasteiger partial charge is 0.384 e. The van der Waals surface area contributed by atoms with E-state index in [0.717, 1.165) is 0 Å². The molecular formula is C33H58F2N6O7. The molecule has 0 fully saturated rings. The second-order valence-corrected chi connectivity index (χ2v) is 12.5. The highest BCUT2D eigenvalue weighted by Gasteiger charge is 2.51. The minimum Gasteiger partial charge on any atom is -0.384 e. The molecule has 0 radical (unpaired) electrons. The van der Waals surface area contributed by atoms with Gasteiger partial charge in [-0.2, -0.15) is 8.78 Å². The van der Waals surface area contributed by atoms with Crippen LogP contribution in [0.15, 0.2) is 23.9 Å². The predicted octanol–water partition coefficient (Wildman–Crippen LogP) is 2.22. The molecule has 0 aromatic rings. The van der Waals surface area contributed by atoms with Crippen molar-refractivity contribution in [2.24, 2.45) is 17.8 Å². The summed E-state index contributed by atoms with van der Waals surface area (Å²) in [6.45, 7) is 15.4. The van der Waals surface area contributed by atoms with Gasteiger partial charge in [-0.25, -0.2) is 0 Å². The van der Waals surface area contributed by atoms with Crippen LogP contribution in [-0.4, -0.2) is 84.5 Å². The molecule has 0 aromatic heterocycles. The number of alkyl halides is 2. The lowest BCUT2D eigenvalue weighted by Crippen LogP contribution is -2.62. The first-order chi connectivity index (χ1) is 22.4. The molecule has 0 heterocycles. The highest BCUT2D eigenvalue weighted by atomic mass is 19.3. The van der Waals surface area contributed by atoms with E-state index in [1.165, 1.54) is 19.4 Å². The number of nitrogens with one attached hydrogen (secondary N) is 6. The molecule has 0 aliphatic rings. The van der Waals surface area contributed by atoms with Crippen molar-refractivity contribution in [1.82, 2.24) is 32.1 Å². The zero-order chi connectivity index (χ0) is 37.2. The molecule has 0 bridgehead atoms. The van der Waals surface area contributed by atoms with Gasteiger partial charge >= 0.3 is 5.92 Å². The van der Waals surface area contributed by atoms with Gasteiger partial charge in [0.2, 0.25) is 17.7 Å². The average molecular weight is 689 g/mol. The molecule has 276 valence electrons. The van der Waals surface area contributed by atoms with E-state index < -0.39 is 71.6 Å². The number of halogens is 2. The Morgan fingerprint density at radius 1 is 0.875 bits per heavy atom. The molecule has 7 N–H and O–H groups in total. The Balaban J connectivity index is 6.14. The van der Waals surface area contributed by atoms with Crippen LogP contribution in [0.4, 0.5) is 8.78 Å². The van der Waals surface area contributed by atoms with Crippen LogP contribution < -0.4 is 32.1 Å². The molecule has 0 aliphatic heterocycles. The summed E-state index contributed by atoms with van der Waals surface area (Å²) in [7, 11) is 1.40. The van der Waals surface area contributed by atoms with Gasteiger partial charge in [0.25, 0.3) is 11.8 Å². The third kappa shape index (κ3) is 14.3. The summed E-state index contributed by atoms with van der Waals surface area (Å²) in [5, 5.41) is 23.2. The van der Waals surface area contributed by atoms with Crippen molar-refractivity contribution < 1.29 is 42.7 Å². The van der Waals surface area contributed by atoms with Crippen molar-refractivity contribution in [2.75, 3.05) is 13.7 Å². The molecule has 0 saturated carbocycles. The van der Waals surface area contributed by atoms with Crippen LogP contribution in [0.5, 0.6) is 0 Å². The molecular weight excluding hydrogens is 630 g/mol. The summed E-state index contributed by atoms with van der Waals surface area (Å²) in [6, 6.07) is -5.12. The molecule has 48 heavy (non-hydrogen) atoms. The minimum absolute atomic E-state index is 0.119. The van der Waals surface area contributed by atoms with Gasteiger partial charge in [0.05, 0.1) is 13.2 Å². The fourth-order valence-corrected chi connectivity index (χ4v) is 4.74. The molecule has 13 nitrogen and oxygen atoms in total. The summed E-state index contributed by atoms with van der Waals surface area (Å²) in [5.41, 5.74) is 2.71. The van der Waals surface area contributed by atoms with Gasteiger partial charge in [0.1, 0.15) is 24.2 Å². The number of allylic oxidation sites excluding steroid dienone is 1. The number of aliphatic hydroxyl groups is 1. The van der Waals surface area contributed by atoms with Gasteiger partial charge in [0.15, 0.2) is 0 Å². The van der Waals surface area contributed by atoms with Gasteiger partial charge in [0, 0.05) is 18.3 Å². The molecule has 3 unspecified atom stereocenters. The summed E-state index contributed by atoms with van der Waals surface area (Å²) in [5.74, 6) is -10.1. The van der Waals surface area contributed by atoms with E-state index in [2.05, 4.69) is 26.7 Å². The number of aliphatic hydroxyl groups excluding tert-OH is 1. The topological polar surface area (TPSA) is 187 Å². The third-order valence-corrected chi connectivity index (χ3v) is 7.71. The van der Waals surface area contributed by atoms with E-state index >= 15 is 8.78 Å². The van der Waals surface area contributed by atoms with E-state index in [1.54, 1.807) is 61.5 Å². The number of hydroxylamine groups is 1. The second kappa shape index (κ2) is 22.1. The van der Waals surface area contributed by atoms with Crippen molar-refractivity contribution in [1.29, 1.82) is 0 Å². The van der Waals surface area contributed by atoms with Crippen LogP contribution in [0.25, 0.3) is 0 Å².